The smallest absolute Gasteiger partial charge is 0.350 e. The second-order valence-electron chi connectivity index (χ2n) is 14.0. The minimum absolute atomic E-state index is 0.106. The quantitative estimate of drug-likeness (QED) is 0.141. The molecular formula is C39H48F2N8O3. The SMILES string of the molecule is CC[C@@H](COc1ccc(N2CCN(c3ccc(-n4cnn([C@@H](CC)[C@H](C)O)c4=O)cc3)CC2)cc1)C[C@](C)(Cn1nccn1)c1ccc(F)cc1F. The minimum Gasteiger partial charge on any atom is -0.493 e. The van der Waals surface area contributed by atoms with Crippen molar-refractivity contribution in [2.24, 2.45) is 5.92 Å². The third-order valence-electron chi connectivity index (χ3n) is 10.3. The summed E-state index contributed by atoms with van der Waals surface area (Å²) in [5.41, 5.74) is 2.43. The number of halogens is 2. The first-order valence-corrected chi connectivity index (χ1v) is 18.1. The Labute approximate surface area is 303 Å². The van der Waals surface area contributed by atoms with Crippen LogP contribution in [0.25, 0.3) is 5.69 Å². The number of hydrogen-bond donors (Lipinski definition) is 1. The molecule has 0 amide bonds. The van der Waals surface area contributed by atoms with Crippen LogP contribution in [0, 0.1) is 17.6 Å². The summed E-state index contributed by atoms with van der Waals surface area (Å²) in [6.07, 6.45) is 6.05. The highest BCUT2D eigenvalue weighted by atomic mass is 19.1. The van der Waals surface area contributed by atoms with Gasteiger partial charge in [0.1, 0.15) is 23.7 Å². The zero-order valence-corrected chi connectivity index (χ0v) is 30.3. The van der Waals surface area contributed by atoms with Gasteiger partial charge in [-0.2, -0.15) is 20.1 Å². The average molecular weight is 715 g/mol. The third-order valence-corrected chi connectivity index (χ3v) is 10.3. The molecule has 5 aromatic rings. The molecule has 0 unspecified atom stereocenters. The van der Waals surface area contributed by atoms with E-state index in [2.05, 4.69) is 44.2 Å². The average Bonchev–Trinajstić information content (AvgIpc) is 3.80. The van der Waals surface area contributed by atoms with Crippen LogP contribution < -0.4 is 20.2 Å². The fraction of sp³-hybridized carbons (Fsp3) is 0.436. The van der Waals surface area contributed by atoms with E-state index in [1.165, 1.54) is 27.7 Å². The van der Waals surface area contributed by atoms with E-state index in [4.69, 9.17) is 4.74 Å². The van der Waals surface area contributed by atoms with Crippen molar-refractivity contribution < 1.29 is 18.6 Å². The van der Waals surface area contributed by atoms with Crippen molar-refractivity contribution in [1.29, 1.82) is 0 Å². The molecule has 3 aromatic carbocycles. The first-order chi connectivity index (χ1) is 25.1. The van der Waals surface area contributed by atoms with E-state index in [1.807, 2.05) is 50.2 Å². The first-order valence-electron chi connectivity index (χ1n) is 18.1. The summed E-state index contributed by atoms with van der Waals surface area (Å²) in [6.45, 7) is 11.9. The number of rotatable bonds is 15. The van der Waals surface area contributed by atoms with Crippen LogP contribution in [-0.2, 0) is 12.0 Å². The lowest BCUT2D eigenvalue weighted by molar-refractivity contribution is 0.118. The van der Waals surface area contributed by atoms with Crippen molar-refractivity contribution in [3.05, 3.63) is 113 Å². The van der Waals surface area contributed by atoms with Crippen molar-refractivity contribution in [1.82, 2.24) is 29.3 Å². The summed E-state index contributed by atoms with van der Waals surface area (Å²) in [4.78, 5) is 19.2. The molecule has 1 aliphatic heterocycles. The Morgan fingerprint density at radius 3 is 2.00 bits per heavy atom. The van der Waals surface area contributed by atoms with Crippen LogP contribution in [0.1, 0.15) is 58.6 Å². The highest BCUT2D eigenvalue weighted by molar-refractivity contribution is 5.54. The molecule has 52 heavy (non-hydrogen) atoms. The van der Waals surface area contributed by atoms with Crippen LogP contribution in [0.3, 0.4) is 0 Å². The Morgan fingerprint density at radius 2 is 1.44 bits per heavy atom. The largest absolute Gasteiger partial charge is 0.493 e. The number of aliphatic hydroxyl groups excluding tert-OH is 1. The van der Waals surface area contributed by atoms with Crippen LogP contribution in [0.4, 0.5) is 20.2 Å². The molecule has 2 aromatic heterocycles. The van der Waals surface area contributed by atoms with Crippen LogP contribution >= 0.6 is 0 Å². The molecule has 1 fully saturated rings. The molecule has 4 atom stereocenters. The molecule has 3 heterocycles. The summed E-state index contributed by atoms with van der Waals surface area (Å²) >= 11 is 0. The normalized spacial score (nSPS) is 16.4. The lowest BCUT2D eigenvalue weighted by Crippen LogP contribution is -2.46. The van der Waals surface area contributed by atoms with Gasteiger partial charge in [0.05, 0.1) is 43.4 Å². The summed E-state index contributed by atoms with van der Waals surface area (Å²) in [5.74, 6) is -0.302. The van der Waals surface area contributed by atoms with Crippen LogP contribution in [0.15, 0.2) is 90.2 Å². The Kier molecular flexibility index (Phi) is 11.4. The highest BCUT2D eigenvalue weighted by Crippen LogP contribution is 2.36. The summed E-state index contributed by atoms with van der Waals surface area (Å²) in [7, 11) is 0. The van der Waals surface area contributed by atoms with Gasteiger partial charge < -0.3 is 19.6 Å². The molecule has 0 aliphatic carbocycles. The molecule has 1 aliphatic rings. The zero-order chi connectivity index (χ0) is 36.8. The van der Waals surface area contributed by atoms with Gasteiger partial charge in [0.15, 0.2) is 0 Å². The number of ether oxygens (including phenoxy) is 1. The topological polar surface area (TPSA) is 106 Å². The second kappa shape index (κ2) is 16.1. The number of aromatic nitrogens is 6. The van der Waals surface area contributed by atoms with Crippen molar-refractivity contribution in [3.8, 4) is 11.4 Å². The molecule has 11 nitrogen and oxygen atoms in total. The molecule has 1 saturated heterocycles. The van der Waals surface area contributed by atoms with Gasteiger partial charge in [0.25, 0.3) is 0 Å². The Morgan fingerprint density at radius 1 is 0.846 bits per heavy atom. The molecule has 0 saturated carbocycles. The highest BCUT2D eigenvalue weighted by Gasteiger charge is 2.34. The maximum Gasteiger partial charge on any atom is 0.350 e. The maximum absolute atomic E-state index is 15.1. The van der Waals surface area contributed by atoms with Crippen LogP contribution in [-0.4, -0.2) is 73.3 Å². The lowest BCUT2D eigenvalue weighted by Gasteiger charge is -2.37. The van der Waals surface area contributed by atoms with Crippen LogP contribution in [0.5, 0.6) is 5.75 Å². The zero-order valence-electron chi connectivity index (χ0n) is 30.3. The number of piperazine rings is 1. The van der Waals surface area contributed by atoms with Gasteiger partial charge in [-0.1, -0.05) is 33.3 Å². The maximum atomic E-state index is 15.1. The second-order valence-corrected chi connectivity index (χ2v) is 14.0. The monoisotopic (exact) mass is 714 g/mol. The van der Waals surface area contributed by atoms with Crippen molar-refractivity contribution in [3.63, 3.8) is 0 Å². The third kappa shape index (κ3) is 8.20. The molecule has 6 rings (SSSR count). The van der Waals surface area contributed by atoms with Crippen molar-refractivity contribution in [2.75, 3.05) is 42.6 Å². The van der Waals surface area contributed by atoms with E-state index in [9.17, 15) is 14.3 Å². The molecular weight excluding hydrogens is 666 g/mol. The molecule has 0 spiro atoms. The van der Waals surface area contributed by atoms with Gasteiger partial charge in [0.2, 0.25) is 0 Å². The van der Waals surface area contributed by atoms with Gasteiger partial charge in [-0.3, -0.25) is 0 Å². The standard InChI is InChI=1S/C39H48F2N8O3/c1-5-29(24-39(4,26-48-42-17-18-43-48)35-16-7-30(40)23-36(35)41)25-52-34-14-12-32(13-15-34)46-21-19-45(20-22-46)31-8-10-33(11-9-31)47-27-44-49(38(47)51)37(6-2)28(3)50/h7-18,23,27-29,37,50H,5-6,19-22,24-26H2,1-4H3/t28-,29+,37-,39+/m0/s1. The molecule has 0 radical (unpaired) electrons. The predicted molar refractivity (Wildman–Crippen MR) is 197 cm³/mol. The van der Waals surface area contributed by atoms with E-state index in [0.717, 1.165) is 61.5 Å². The summed E-state index contributed by atoms with van der Waals surface area (Å²) in [6, 6.07) is 19.5. The van der Waals surface area contributed by atoms with Gasteiger partial charge in [-0.05, 0) is 85.8 Å². The number of benzene rings is 3. The number of hydrogen-bond acceptors (Lipinski definition) is 8. The Balaban J connectivity index is 1.03. The number of aliphatic hydroxyl groups is 1. The first kappa shape index (κ1) is 36.7. The lowest BCUT2D eigenvalue weighted by atomic mass is 9.74. The fourth-order valence-corrected chi connectivity index (χ4v) is 7.29. The summed E-state index contributed by atoms with van der Waals surface area (Å²) < 4.78 is 38.0. The van der Waals surface area contributed by atoms with E-state index in [-0.39, 0.29) is 17.6 Å². The van der Waals surface area contributed by atoms with Crippen molar-refractivity contribution >= 4 is 11.4 Å². The van der Waals surface area contributed by atoms with E-state index in [0.29, 0.717) is 31.6 Å². The van der Waals surface area contributed by atoms with E-state index >= 15 is 4.39 Å². The van der Waals surface area contributed by atoms with Gasteiger partial charge in [-0.15, -0.1) is 0 Å². The van der Waals surface area contributed by atoms with Crippen molar-refractivity contribution in [2.45, 2.75) is 71.1 Å². The van der Waals surface area contributed by atoms with E-state index < -0.39 is 23.2 Å². The molecule has 0 bridgehead atoms. The van der Waals surface area contributed by atoms with Gasteiger partial charge in [0, 0.05) is 49.0 Å². The van der Waals surface area contributed by atoms with Gasteiger partial charge in [-0.25, -0.2) is 22.8 Å². The Bertz CT molecular complexity index is 1940. The summed E-state index contributed by atoms with van der Waals surface area (Å²) in [5, 5.41) is 22.8. The minimum atomic E-state index is -0.684. The van der Waals surface area contributed by atoms with E-state index in [1.54, 1.807) is 24.1 Å². The Hall–Kier alpha value is -5.04. The molecule has 276 valence electrons. The molecule has 13 heteroatoms. The predicted octanol–water partition coefficient (Wildman–Crippen LogP) is 6.02. The molecule has 1 N–H and O–H groups in total. The fourth-order valence-electron chi connectivity index (χ4n) is 7.29. The van der Waals surface area contributed by atoms with Crippen LogP contribution in [0.2, 0.25) is 0 Å². The number of nitrogens with zero attached hydrogens (tertiary/aromatic N) is 8. The number of anilines is 2. The van der Waals surface area contributed by atoms with Gasteiger partial charge >= 0.3 is 5.69 Å².